The SMILES string of the molecule is C=C(OCC)C1=CC(O)CC(/C=C/CCCCCCC)O1. The minimum absolute atomic E-state index is 0.0900. The number of aliphatic hydroxyl groups is 1. The van der Waals surface area contributed by atoms with Crippen LogP contribution in [0.2, 0.25) is 0 Å². The maximum atomic E-state index is 9.88. The van der Waals surface area contributed by atoms with Gasteiger partial charge in [0, 0.05) is 6.42 Å². The monoisotopic (exact) mass is 294 g/mol. The van der Waals surface area contributed by atoms with Gasteiger partial charge >= 0.3 is 0 Å². The van der Waals surface area contributed by atoms with Gasteiger partial charge in [-0.25, -0.2) is 0 Å². The van der Waals surface area contributed by atoms with Gasteiger partial charge in [-0.2, -0.15) is 0 Å². The number of hydrogen-bond donors (Lipinski definition) is 1. The summed E-state index contributed by atoms with van der Waals surface area (Å²) in [7, 11) is 0. The normalized spacial score (nSPS) is 22.0. The van der Waals surface area contributed by atoms with Crippen molar-refractivity contribution in [2.45, 2.75) is 71.0 Å². The van der Waals surface area contributed by atoms with Gasteiger partial charge in [-0.05, 0) is 31.9 Å². The fraction of sp³-hybridized carbons (Fsp3) is 0.667. The van der Waals surface area contributed by atoms with Crippen molar-refractivity contribution in [3.8, 4) is 0 Å². The molecule has 3 heteroatoms. The molecular formula is C18H30O3. The molecule has 0 aromatic heterocycles. The van der Waals surface area contributed by atoms with Crippen molar-refractivity contribution in [3.05, 3.63) is 36.3 Å². The average Bonchev–Trinajstić information content (AvgIpc) is 2.46. The lowest BCUT2D eigenvalue weighted by atomic mass is 10.1. The highest BCUT2D eigenvalue weighted by molar-refractivity contribution is 5.21. The molecule has 2 atom stereocenters. The van der Waals surface area contributed by atoms with Crippen molar-refractivity contribution in [2.75, 3.05) is 6.61 Å². The number of unbranched alkanes of at least 4 members (excludes halogenated alkanes) is 5. The fourth-order valence-electron chi connectivity index (χ4n) is 2.37. The smallest absolute Gasteiger partial charge is 0.160 e. The van der Waals surface area contributed by atoms with Crippen molar-refractivity contribution in [3.63, 3.8) is 0 Å². The van der Waals surface area contributed by atoms with E-state index in [9.17, 15) is 5.11 Å². The summed E-state index contributed by atoms with van der Waals surface area (Å²) in [6, 6.07) is 0. The van der Waals surface area contributed by atoms with Gasteiger partial charge in [-0.3, -0.25) is 0 Å². The Labute approximate surface area is 129 Å². The Kier molecular flexibility index (Phi) is 8.91. The third-order valence-electron chi connectivity index (χ3n) is 3.51. The Balaban J connectivity index is 2.32. The molecular weight excluding hydrogens is 264 g/mol. The van der Waals surface area contributed by atoms with Crippen LogP contribution >= 0.6 is 0 Å². The predicted molar refractivity (Wildman–Crippen MR) is 86.9 cm³/mol. The van der Waals surface area contributed by atoms with E-state index >= 15 is 0 Å². The molecule has 21 heavy (non-hydrogen) atoms. The van der Waals surface area contributed by atoms with E-state index in [1.807, 2.05) is 6.92 Å². The fourth-order valence-corrected chi connectivity index (χ4v) is 2.37. The maximum absolute atomic E-state index is 9.88. The Morgan fingerprint density at radius 1 is 1.38 bits per heavy atom. The molecule has 3 nitrogen and oxygen atoms in total. The molecule has 120 valence electrons. The van der Waals surface area contributed by atoms with Gasteiger partial charge in [0.1, 0.15) is 6.10 Å². The van der Waals surface area contributed by atoms with Crippen LogP contribution in [0.3, 0.4) is 0 Å². The molecule has 0 aromatic rings. The summed E-state index contributed by atoms with van der Waals surface area (Å²) in [6.07, 6.45) is 13.4. The Morgan fingerprint density at radius 2 is 2.14 bits per heavy atom. The molecule has 0 radical (unpaired) electrons. The first-order chi connectivity index (χ1) is 10.2. The van der Waals surface area contributed by atoms with Crippen LogP contribution in [0.15, 0.2) is 36.3 Å². The van der Waals surface area contributed by atoms with Crippen LogP contribution in [0.5, 0.6) is 0 Å². The van der Waals surface area contributed by atoms with Crippen LogP contribution in [-0.2, 0) is 9.47 Å². The zero-order valence-electron chi connectivity index (χ0n) is 13.5. The molecule has 0 spiro atoms. The summed E-state index contributed by atoms with van der Waals surface area (Å²) < 4.78 is 11.1. The van der Waals surface area contributed by atoms with E-state index in [4.69, 9.17) is 9.47 Å². The standard InChI is InChI=1S/C18H30O3/c1-4-6-7-8-9-10-11-12-17-13-16(19)14-18(21-17)15(3)20-5-2/h11-12,14,16-17,19H,3-10,13H2,1-2H3/b12-11+. The molecule has 1 aliphatic rings. The van der Waals surface area contributed by atoms with Crippen molar-refractivity contribution >= 4 is 0 Å². The van der Waals surface area contributed by atoms with Crippen molar-refractivity contribution in [1.82, 2.24) is 0 Å². The first-order valence-electron chi connectivity index (χ1n) is 8.22. The highest BCUT2D eigenvalue weighted by Gasteiger charge is 2.22. The zero-order chi connectivity index (χ0) is 15.5. The van der Waals surface area contributed by atoms with E-state index in [0.717, 1.165) is 6.42 Å². The Morgan fingerprint density at radius 3 is 2.86 bits per heavy atom. The maximum Gasteiger partial charge on any atom is 0.160 e. The summed E-state index contributed by atoms with van der Waals surface area (Å²) in [4.78, 5) is 0. The first kappa shape index (κ1) is 17.8. The van der Waals surface area contributed by atoms with E-state index in [-0.39, 0.29) is 6.10 Å². The Hall–Kier alpha value is -1.22. The first-order valence-corrected chi connectivity index (χ1v) is 8.22. The summed E-state index contributed by atoms with van der Waals surface area (Å²) in [5.74, 6) is 1.06. The van der Waals surface area contributed by atoms with Gasteiger partial charge in [0.15, 0.2) is 11.5 Å². The zero-order valence-corrected chi connectivity index (χ0v) is 13.5. The molecule has 1 aliphatic heterocycles. The number of aliphatic hydroxyl groups excluding tert-OH is 1. The lowest BCUT2D eigenvalue weighted by Crippen LogP contribution is -2.24. The molecule has 0 aromatic carbocycles. The lowest BCUT2D eigenvalue weighted by Gasteiger charge is -2.26. The van der Waals surface area contributed by atoms with Crippen molar-refractivity contribution in [1.29, 1.82) is 0 Å². The van der Waals surface area contributed by atoms with Crippen LogP contribution in [0, 0.1) is 0 Å². The predicted octanol–water partition coefficient (Wildman–Crippen LogP) is 4.49. The van der Waals surface area contributed by atoms with E-state index in [0.29, 0.717) is 24.5 Å². The number of hydrogen-bond acceptors (Lipinski definition) is 3. The van der Waals surface area contributed by atoms with Gasteiger partial charge in [0.2, 0.25) is 0 Å². The summed E-state index contributed by atoms with van der Waals surface area (Å²) in [5, 5.41) is 9.88. The van der Waals surface area contributed by atoms with E-state index in [2.05, 4.69) is 25.7 Å². The molecule has 0 aliphatic carbocycles. The minimum atomic E-state index is -0.495. The van der Waals surface area contributed by atoms with Gasteiger partial charge in [-0.1, -0.05) is 45.3 Å². The average molecular weight is 294 g/mol. The number of ether oxygens (including phenoxy) is 2. The van der Waals surface area contributed by atoms with Crippen molar-refractivity contribution < 1.29 is 14.6 Å². The molecule has 1 heterocycles. The topological polar surface area (TPSA) is 38.7 Å². The van der Waals surface area contributed by atoms with Crippen LogP contribution in [0.25, 0.3) is 0 Å². The lowest BCUT2D eigenvalue weighted by molar-refractivity contribution is 0.0598. The third-order valence-corrected chi connectivity index (χ3v) is 3.51. The Bertz CT molecular complexity index is 357. The van der Waals surface area contributed by atoms with Crippen LogP contribution in [0.1, 0.15) is 58.8 Å². The molecule has 0 bridgehead atoms. The summed E-state index contributed by atoms with van der Waals surface area (Å²) in [5.41, 5.74) is 0. The van der Waals surface area contributed by atoms with Gasteiger partial charge in [0.05, 0.1) is 12.7 Å². The minimum Gasteiger partial charge on any atom is -0.491 e. The molecule has 0 saturated heterocycles. The largest absolute Gasteiger partial charge is 0.491 e. The molecule has 0 saturated carbocycles. The van der Waals surface area contributed by atoms with Crippen LogP contribution in [-0.4, -0.2) is 23.9 Å². The van der Waals surface area contributed by atoms with Crippen LogP contribution in [0.4, 0.5) is 0 Å². The second-order valence-electron chi connectivity index (χ2n) is 5.48. The summed E-state index contributed by atoms with van der Waals surface area (Å²) in [6.45, 7) is 8.51. The molecule has 1 rings (SSSR count). The second kappa shape index (κ2) is 10.5. The van der Waals surface area contributed by atoms with E-state index in [1.54, 1.807) is 6.08 Å². The molecule has 0 amide bonds. The number of allylic oxidation sites excluding steroid dienone is 1. The van der Waals surface area contributed by atoms with E-state index in [1.165, 1.54) is 32.1 Å². The second-order valence-corrected chi connectivity index (χ2v) is 5.48. The quantitative estimate of drug-likeness (QED) is 0.366. The molecule has 0 fully saturated rings. The highest BCUT2D eigenvalue weighted by Crippen LogP contribution is 2.23. The van der Waals surface area contributed by atoms with Gasteiger partial charge in [0.25, 0.3) is 0 Å². The van der Waals surface area contributed by atoms with Gasteiger partial charge < -0.3 is 14.6 Å². The number of rotatable bonds is 10. The van der Waals surface area contributed by atoms with Crippen molar-refractivity contribution in [2.24, 2.45) is 0 Å². The van der Waals surface area contributed by atoms with E-state index < -0.39 is 6.10 Å². The van der Waals surface area contributed by atoms with Gasteiger partial charge in [-0.15, -0.1) is 0 Å². The third kappa shape index (κ3) is 7.37. The molecule has 2 unspecified atom stereocenters. The summed E-state index contributed by atoms with van der Waals surface area (Å²) >= 11 is 0. The van der Waals surface area contributed by atoms with Crippen LogP contribution < -0.4 is 0 Å². The highest BCUT2D eigenvalue weighted by atomic mass is 16.5. The molecule has 1 N–H and O–H groups in total.